The van der Waals surface area contributed by atoms with Gasteiger partial charge in [-0.15, -0.1) is 6.58 Å². The Labute approximate surface area is 119 Å². The van der Waals surface area contributed by atoms with Crippen LogP contribution in [0.25, 0.3) is 0 Å². The van der Waals surface area contributed by atoms with E-state index in [1.54, 1.807) is 37.9 Å². The summed E-state index contributed by atoms with van der Waals surface area (Å²) in [5, 5.41) is 0. The molecule has 0 fully saturated rings. The van der Waals surface area contributed by atoms with Crippen molar-refractivity contribution in [2.45, 2.75) is 24.2 Å². The zero-order chi connectivity index (χ0) is 15.1. The smallest absolute Gasteiger partial charge is 0.240 e. The van der Waals surface area contributed by atoms with Gasteiger partial charge >= 0.3 is 0 Å². The topological polar surface area (TPSA) is 66.5 Å². The van der Waals surface area contributed by atoms with Gasteiger partial charge in [-0.25, -0.2) is 13.1 Å². The third-order valence-electron chi connectivity index (χ3n) is 3.57. The predicted molar refractivity (Wildman–Crippen MR) is 78.3 cm³/mol. The summed E-state index contributed by atoms with van der Waals surface area (Å²) in [5.74, 6) is -0.0406. The number of benzene rings is 1. The molecular weight excluding hydrogens is 276 g/mol. The minimum absolute atomic E-state index is 0.0406. The molecule has 0 saturated carbocycles. The Hall–Kier alpha value is -1.66. The van der Waals surface area contributed by atoms with Crippen molar-refractivity contribution < 1.29 is 13.2 Å². The first-order chi connectivity index (χ1) is 9.21. The Kier molecular flexibility index (Phi) is 3.47. The number of anilines is 1. The summed E-state index contributed by atoms with van der Waals surface area (Å²) >= 11 is 0. The van der Waals surface area contributed by atoms with E-state index in [2.05, 4.69) is 11.3 Å². The fourth-order valence-electron chi connectivity index (χ4n) is 2.37. The number of sulfonamides is 1. The maximum atomic E-state index is 12.2. The fourth-order valence-corrected chi connectivity index (χ4v) is 3.40. The van der Waals surface area contributed by atoms with E-state index in [-0.39, 0.29) is 17.3 Å². The summed E-state index contributed by atoms with van der Waals surface area (Å²) in [7, 11) is -1.89. The summed E-state index contributed by atoms with van der Waals surface area (Å²) in [6, 6.07) is 4.75. The SMILES string of the molecule is C=CCNS(=O)(=O)c1ccc2c(c1)C(C)(C)C(=O)N2C. The van der Waals surface area contributed by atoms with Crippen LogP contribution < -0.4 is 9.62 Å². The number of amides is 1. The van der Waals surface area contributed by atoms with Gasteiger partial charge in [0.1, 0.15) is 0 Å². The second kappa shape index (κ2) is 4.71. The second-order valence-corrected chi connectivity index (χ2v) is 7.08. The van der Waals surface area contributed by atoms with Crippen LogP contribution in [0.5, 0.6) is 0 Å². The highest BCUT2D eigenvalue weighted by Crippen LogP contribution is 2.41. The van der Waals surface area contributed by atoms with Gasteiger partial charge in [-0.2, -0.15) is 0 Å². The molecule has 1 aliphatic heterocycles. The van der Waals surface area contributed by atoms with Crippen LogP contribution >= 0.6 is 0 Å². The lowest BCUT2D eigenvalue weighted by Crippen LogP contribution is -2.33. The molecule has 0 saturated heterocycles. The quantitative estimate of drug-likeness (QED) is 0.854. The number of likely N-dealkylation sites (N-methyl/N-ethyl adjacent to an activating group) is 1. The van der Waals surface area contributed by atoms with Gasteiger partial charge in [-0.3, -0.25) is 4.79 Å². The zero-order valence-corrected chi connectivity index (χ0v) is 12.6. The molecule has 1 aliphatic rings. The van der Waals surface area contributed by atoms with Gasteiger partial charge < -0.3 is 4.90 Å². The molecule has 1 aromatic carbocycles. The van der Waals surface area contributed by atoms with Gasteiger partial charge in [-0.1, -0.05) is 6.08 Å². The first kappa shape index (κ1) is 14.7. The highest BCUT2D eigenvalue weighted by Gasteiger charge is 2.42. The zero-order valence-electron chi connectivity index (χ0n) is 11.8. The van der Waals surface area contributed by atoms with Gasteiger partial charge in [0.15, 0.2) is 0 Å². The average Bonchev–Trinajstić information content (AvgIpc) is 2.58. The summed E-state index contributed by atoms with van der Waals surface area (Å²) in [6.07, 6.45) is 1.48. The average molecular weight is 294 g/mol. The standard InChI is InChI=1S/C14H18N2O3S/c1-5-8-15-20(18,19)10-6-7-12-11(9-10)14(2,3)13(17)16(12)4/h5-7,9,15H,1,8H2,2-4H3. The molecule has 1 heterocycles. The first-order valence-electron chi connectivity index (χ1n) is 6.25. The lowest BCUT2D eigenvalue weighted by Gasteiger charge is -2.16. The van der Waals surface area contributed by atoms with Crippen molar-refractivity contribution in [1.29, 1.82) is 0 Å². The van der Waals surface area contributed by atoms with E-state index in [1.165, 1.54) is 12.1 Å². The predicted octanol–water partition coefficient (Wildman–Crippen LogP) is 1.40. The summed E-state index contributed by atoms with van der Waals surface area (Å²) in [6.45, 7) is 7.24. The van der Waals surface area contributed by atoms with Crippen LogP contribution in [0.4, 0.5) is 5.69 Å². The summed E-state index contributed by atoms with van der Waals surface area (Å²) in [4.78, 5) is 13.9. The van der Waals surface area contributed by atoms with Gasteiger partial charge in [0, 0.05) is 19.3 Å². The van der Waals surface area contributed by atoms with Crippen molar-refractivity contribution in [3.63, 3.8) is 0 Å². The number of fused-ring (bicyclic) bond motifs is 1. The van der Waals surface area contributed by atoms with Crippen LogP contribution in [0.3, 0.4) is 0 Å². The molecule has 0 unspecified atom stereocenters. The molecule has 0 bridgehead atoms. The molecular formula is C14H18N2O3S. The van der Waals surface area contributed by atoms with Gasteiger partial charge in [0.05, 0.1) is 10.3 Å². The number of nitrogens with zero attached hydrogens (tertiary/aromatic N) is 1. The van der Waals surface area contributed by atoms with Crippen LogP contribution in [0.1, 0.15) is 19.4 Å². The van der Waals surface area contributed by atoms with Crippen LogP contribution in [0.15, 0.2) is 35.7 Å². The van der Waals surface area contributed by atoms with E-state index in [4.69, 9.17) is 0 Å². The fraction of sp³-hybridized carbons (Fsp3) is 0.357. The third kappa shape index (κ3) is 2.14. The Morgan fingerprint density at radius 3 is 2.65 bits per heavy atom. The lowest BCUT2D eigenvalue weighted by molar-refractivity contribution is -0.121. The third-order valence-corrected chi connectivity index (χ3v) is 4.99. The Balaban J connectivity index is 2.52. The number of hydrogen-bond donors (Lipinski definition) is 1. The van der Waals surface area contributed by atoms with Crippen molar-refractivity contribution in [2.75, 3.05) is 18.5 Å². The number of carbonyl (C=O) groups is 1. The normalized spacial score (nSPS) is 17.1. The molecule has 0 radical (unpaired) electrons. The summed E-state index contributed by atoms with van der Waals surface area (Å²) in [5.41, 5.74) is 0.766. The number of nitrogens with one attached hydrogen (secondary N) is 1. The molecule has 5 nitrogen and oxygen atoms in total. The maximum Gasteiger partial charge on any atom is 0.240 e. The molecule has 0 spiro atoms. The van der Waals surface area contributed by atoms with Crippen molar-refractivity contribution in [2.24, 2.45) is 0 Å². The van der Waals surface area contributed by atoms with Gasteiger partial charge in [0.2, 0.25) is 15.9 Å². The van der Waals surface area contributed by atoms with E-state index in [0.29, 0.717) is 0 Å². The van der Waals surface area contributed by atoms with Crippen LogP contribution in [-0.4, -0.2) is 27.9 Å². The molecule has 0 atom stereocenters. The van der Waals surface area contributed by atoms with Crippen molar-refractivity contribution in [3.8, 4) is 0 Å². The molecule has 1 N–H and O–H groups in total. The Morgan fingerprint density at radius 2 is 2.05 bits per heavy atom. The van der Waals surface area contributed by atoms with Crippen molar-refractivity contribution in [3.05, 3.63) is 36.4 Å². The molecule has 1 amide bonds. The van der Waals surface area contributed by atoms with Gasteiger partial charge in [-0.05, 0) is 37.6 Å². The highest BCUT2D eigenvalue weighted by atomic mass is 32.2. The monoisotopic (exact) mass is 294 g/mol. The van der Waals surface area contributed by atoms with Crippen LogP contribution in [0.2, 0.25) is 0 Å². The molecule has 0 aromatic heterocycles. The van der Waals surface area contributed by atoms with Gasteiger partial charge in [0.25, 0.3) is 0 Å². The van der Waals surface area contributed by atoms with E-state index < -0.39 is 15.4 Å². The largest absolute Gasteiger partial charge is 0.314 e. The molecule has 2 rings (SSSR count). The van der Waals surface area contributed by atoms with Crippen LogP contribution in [0, 0.1) is 0 Å². The highest BCUT2D eigenvalue weighted by molar-refractivity contribution is 7.89. The first-order valence-corrected chi connectivity index (χ1v) is 7.73. The molecule has 20 heavy (non-hydrogen) atoms. The minimum atomic E-state index is -3.58. The molecule has 6 heteroatoms. The van der Waals surface area contributed by atoms with Crippen LogP contribution in [-0.2, 0) is 20.2 Å². The molecule has 108 valence electrons. The summed E-state index contributed by atoms with van der Waals surface area (Å²) < 4.78 is 26.6. The van der Waals surface area contributed by atoms with E-state index in [1.807, 2.05) is 0 Å². The van der Waals surface area contributed by atoms with E-state index >= 15 is 0 Å². The van der Waals surface area contributed by atoms with E-state index in [0.717, 1.165) is 11.3 Å². The lowest BCUT2D eigenvalue weighted by atomic mass is 9.86. The second-order valence-electron chi connectivity index (χ2n) is 5.31. The number of rotatable bonds is 4. The number of carbonyl (C=O) groups excluding carboxylic acids is 1. The molecule has 0 aliphatic carbocycles. The minimum Gasteiger partial charge on any atom is -0.314 e. The van der Waals surface area contributed by atoms with Crippen molar-refractivity contribution in [1.82, 2.24) is 4.72 Å². The maximum absolute atomic E-state index is 12.2. The number of hydrogen-bond acceptors (Lipinski definition) is 3. The Bertz CT molecular complexity index is 678. The van der Waals surface area contributed by atoms with E-state index in [9.17, 15) is 13.2 Å². The Morgan fingerprint density at radius 1 is 1.40 bits per heavy atom. The van der Waals surface area contributed by atoms with Crippen molar-refractivity contribution >= 4 is 21.6 Å². The molecule has 1 aromatic rings.